The van der Waals surface area contributed by atoms with Gasteiger partial charge in [-0.25, -0.2) is 13.9 Å². The molecule has 2 fully saturated rings. The van der Waals surface area contributed by atoms with Crippen molar-refractivity contribution < 1.29 is 18.7 Å². The molecule has 1 aliphatic heterocycles. The lowest BCUT2D eigenvalue weighted by Crippen LogP contribution is -2.52. The van der Waals surface area contributed by atoms with Gasteiger partial charge < -0.3 is 4.74 Å². The van der Waals surface area contributed by atoms with Crippen LogP contribution in [0.3, 0.4) is 0 Å². The molecule has 3 heterocycles. The Bertz CT molecular complexity index is 1280. The Morgan fingerprint density at radius 2 is 1.94 bits per heavy atom. The van der Waals surface area contributed by atoms with E-state index in [1.807, 2.05) is 19.9 Å². The van der Waals surface area contributed by atoms with E-state index in [2.05, 4.69) is 15.1 Å². The Balaban J connectivity index is 1.36. The number of halogens is 2. The van der Waals surface area contributed by atoms with Gasteiger partial charge in [0.15, 0.2) is 11.6 Å². The second kappa shape index (κ2) is 9.30. The fraction of sp³-hybridized carbons (Fsp3) is 0.500. The first-order chi connectivity index (χ1) is 16.7. The van der Waals surface area contributed by atoms with Gasteiger partial charge >= 0.3 is 5.97 Å². The average molecular weight is 499 g/mol. The number of ether oxygens (including phenoxy) is 1. The van der Waals surface area contributed by atoms with Crippen molar-refractivity contribution in [3.8, 4) is 0 Å². The van der Waals surface area contributed by atoms with Crippen molar-refractivity contribution in [1.82, 2.24) is 19.6 Å². The summed E-state index contributed by atoms with van der Waals surface area (Å²) < 4.78 is 21.4. The molecule has 0 N–H and O–H groups in total. The highest BCUT2D eigenvalue weighted by Crippen LogP contribution is 2.45. The Kier molecular flexibility index (Phi) is 6.34. The predicted molar refractivity (Wildman–Crippen MR) is 128 cm³/mol. The van der Waals surface area contributed by atoms with Crippen LogP contribution < -0.4 is 0 Å². The van der Waals surface area contributed by atoms with E-state index < -0.39 is 23.3 Å². The summed E-state index contributed by atoms with van der Waals surface area (Å²) in [4.78, 5) is 35.4. The number of cyclic esters (lactones) is 1. The molecule has 35 heavy (non-hydrogen) atoms. The molecule has 2 atom stereocenters. The number of carbonyl (C=O) groups excluding carboxylic acids is 2. The van der Waals surface area contributed by atoms with Gasteiger partial charge in [-0.3, -0.25) is 9.59 Å². The van der Waals surface area contributed by atoms with Crippen molar-refractivity contribution in [3.63, 3.8) is 0 Å². The maximum Gasteiger partial charge on any atom is 0.317 e. The average Bonchev–Trinajstić information content (AvgIpc) is 3.48. The van der Waals surface area contributed by atoms with Crippen LogP contribution in [0.15, 0.2) is 24.3 Å². The maximum atomic E-state index is 13.6. The van der Waals surface area contributed by atoms with Crippen LogP contribution in [-0.2, 0) is 27.2 Å². The largest absolute Gasteiger partial charge is 0.458 e. The predicted octanol–water partition coefficient (Wildman–Crippen LogP) is 4.77. The van der Waals surface area contributed by atoms with Crippen LogP contribution in [-0.4, -0.2) is 36.9 Å². The number of ketones is 1. The lowest BCUT2D eigenvalue weighted by atomic mass is 9.73. The highest BCUT2D eigenvalue weighted by Gasteiger charge is 2.51. The molecule has 0 bridgehead atoms. The summed E-state index contributed by atoms with van der Waals surface area (Å²) in [6, 6.07) is 6.52. The van der Waals surface area contributed by atoms with E-state index in [1.165, 1.54) is 6.07 Å². The second-order valence-electron chi connectivity index (χ2n) is 9.89. The van der Waals surface area contributed by atoms with Crippen LogP contribution in [0.2, 0.25) is 5.02 Å². The third-order valence-corrected chi connectivity index (χ3v) is 7.71. The molecule has 1 saturated carbocycles. The van der Waals surface area contributed by atoms with E-state index in [0.29, 0.717) is 24.4 Å². The number of esters is 1. The van der Waals surface area contributed by atoms with E-state index in [-0.39, 0.29) is 29.6 Å². The minimum atomic E-state index is -0.927. The molecule has 1 saturated heterocycles. The zero-order valence-corrected chi connectivity index (χ0v) is 20.6. The molecule has 5 rings (SSSR count). The summed E-state index contributed by atoms with van der Waals surface area (Å²) in [7, 11) is 0. The van der Waals surface area contributed by atoms with Crippen molar-refractivity contribution in [2.24, 2.45) is 11.8 Å². The molecular weight excluding hydrogens is 471 g/mol. The normalized spacial score (nSPS) is 23.3. The van der Waals surface area contributed by atoms with Crippen LogP contribution in [0.4, 0.5) is 4.39 Å². The lowest BCUT2D eigenvalue weighted by molar-refractivity contribution is -0.185. The van der Waals surface area contributed by atoms with Gasteiger partial charge in [0.2, 0.25) is 0 Å². The van der Waals surface area contributed by atoms with E-state index in [1.54, 1.807) is 16.6 Å². The SMILES string of the molecule is Cc1cc(C)n2nc(CC3C(=O)CC(CCc4ccc(F)c(Cl)c4)(C4CCCC4)OC3=O)nc2n1. The smallest absolute Gasteiger partial charge is 0.317 e. The molecule has 0 spiro atoms. The van der Waals surface area contributed by atoms with Crippen molar-refractivity contribution in [2.45, 2.75) is 70.8 Å². The topological polar surface area (TPSA) is 86.5 Å². The highest BCUT2D eigenvalue weighted by molar-refractivity contribution is 6.30. The Labute approximate surface area is 208 Å². The molecule has 7 nitrogen and oxygen atoms in total. The number of rotatable bonds is 6. The number of benzene rings is 1. The van der Waals surface area contributed by atoms with Crippen LogP contribution in [0, 0.1) is 31.5 Å². The molecule has 0 radical (unpaired) electrons. The minimum Gasteiger partial charge on any atom is -0.458 e. The number of aromatic nitrogens is 4. The van der Waals surface area contributed by atoms with Gasteiger partial charge in [0.25, 0.3) is 5.78 Å². The summed E-state index contributed by atoms with van der Waals surface area (Å²) in [6.45, 7) is 3.79. The Morgan fingerprint density at radius 3 is 2.66 bits per heavy atom. The Hall–Kier alpha value is -2.87. The molecule has 3 aromatic rings. The van der Waals surface area contributed by atoms with E-state index in [0.717, 1.165) is 42.6 Å². The minimum absolute atomic E-state index is 0.0640. The molecule has 2 aliphatic rings. The molecule has 1 aromatic carbocycles. The van der Waals surface area contributed by atoms with Crippen molar-refractivity contribution in [3.05, 3.63) is 57.9 Å². The Morgan fingerprint density at radius 1 is 1.17 bits per heavy atom. The number of carbonyl (C=O) groups is 2. The first-order valence-electron chi connectivity index (χ1n) is 12.1. The van der Waals surface area contributed by atoms with Gasteiger partial charge in [-0.15, -0.1) is 5.10 Å². The number of fused-ring (bicyclic) bond motifs is 1. The molecule has 2 unspecified atom stereocenters. The van der Waals surface area contributed by atoms with Crippen molar-refractivity contribution in [2.75, 3.05) is 0 Å². The summed E-state index contributed by atoms with van der Waals surface area (Å²) in [5.41, 5.74) is 1.71. The van der Waals surface area contributed by atoms with Crippen LogP contribution in [0.5, 0.6) is 0 Å². The summed E-state index contributed by atoms with van der Waals surface area (Å²) in [5.74, 6) is -1.05. The number of aryl methyl sites for hydroxylation is 3. The number of hydrogen-bond donors (Lipinski definition) is 0. The summed E-state index contributed by atoms with van der Waals surface area (Å²) in [6.07, 6.45) is 5.27. The first-order valence-corrected chi connectivity index (χ1v) is 12.5. The van der Waals surface area contributed by atoms with Crippen LogP contribution in [0.25, 0.3) is 5.78 Å². The van der Waals surface area contributed by atoms with Gasteiger partial charge in [0.1, 0.15) is 17.3 Å². The summed E-state index contributed by atoms with van der Waals surface area (Å²) in [5, 5.41) is 4.53. The molecule has 2 aromatic heterocycles. The molecule has 184 valence electrons. The van der Waals surface area contributed by atoms with Crippen LogP contribution >= 0.6 is 11.6 Å². The number of hydrogen-bond acceptors (Lipinski definition) is 6. The zero-order valence-electron chi connectivity index (χ0n) is 19.9. The zero-order chi connectivity index (χ0) is 24.7. The van der Waals surface area contributed by atoms with Crippen LogP contribution in [0.1, 0.15) is 61.3 Å². The van der Waals surface area contributed by atoms with Gasteiger partial charge in [-0.1, -0.05) is 30.5 Å². The molecular formula is C26H28ClFN4O3. The van der Waals surface area contributed by atoms with Gasteiger partial charge in [0.05, 0.1) is 5.02 Å². The first kappa shape index (κ1) is 23.9. The lowest BCUT2D eigenvalue weighted by Gasteiger charge is -2.43. The number of nitrogens with zero attached hydrogens (tertiary/aromatic N) is 4. The number of Topliss-reactive ketones (excluding diaryl/α,β-unsaturated/α-hetero) is 1. The third-order valence-electron chi connectivity index (χ3n) is 7.42. The van der Waals surface area contributed by atoms with Gasteiger partial charge in [-0.2, -0.15) is 4.98 Å². The van der Waals surface area contributed by atoms with E-state index in [4.69, 9.17) is 16.3 Å². The van der Waals surface area contributed by atoms with Gasteiger partial charge in [0, 0.05) is 24.2 Å². The molecule has 0 amide bonds. The third kappa shape index (κ3) is 4.68. The quantitative estimate of drug-likeness (QED) is 0.359. The van der Waals surface area contributed by atoms with Gasteiger partial charge in [-0.05, 0) is 69.2 Å². The summed E-state index contributed by atoms with van der Waals surface area (Å²) >= 11 is 5.95. The van der Waals surface area contributed by atoms with Crippen molar-refractivity contribution in [1.29, 1.82) is 0 Å². The second-order valence-corrected chi connectivity index (χ2v) is 10.3. The highest BCUT2D eigenvalue weighted by atomic mass is 35.5. The molecule has 9 heteroatoms. The van der Waals surface area contributed by atoms with E-state index >= 15 is 0 Å². The standard InChI is InChI=1S/C26H28ClFN4O3/c1-15-11-16(2)32-25(29-15)30-23(31-32)13-19-22(33)14-26(35-24(19)34,18-5-3-4-6-18)10-9-17-7-8-21(28)20(27)12-17/h7-8,11-12,18-19H,3-6,9-10,13-14H2,1-2H3. The van der Waals surface area contributed by atoms with Crippen molar-refractivity contribution >= 4 is 29.1 Å². The maximum absolute atomic E-state index is 13.6. The van der Waals surface area contributed by atoms with E-state index in [9.17, 15) is 14.0 Å². The molecule has 1 aliphatic carbocycles. The monoisotopic (exact) mass is 498 g/mol. The fourth-order valence-corrected chi connectivity index (χ4v) is 5.81. The fourth-order valence-electron chi connectivity index (χ4n) is 5.61.